The summed E-state index contributed by atoms with van der Waals surface area (Å²) in [7, 11) is 0. The Morgan fingerprint density at radius 1 is 1.22 bits per heavy atom. The van der Waals surface area contributed by atoms with Crippen LogP contribution >= 0.6 is 11.8 Å². The van der Waals surface area contributed by atoms with Crippen molar-refractivity contribution in [2.24, 2.45) is 5.92 Å². The van der Waals surface area contributed by atoms with E-state index in [0.717, 1.165) is 35.8 Å². The smallest absolute Gasteiger partial charge is 0.191 e. The Bertz CT molecular complexity index is 377. The lowest BCUT2D eigenvalue weighted by Crippen LogP contribution is -2.13. The van der Waals surface area contributed by atoms with E-state index < -0.39 is 0 Å². The van der Waals surface area contributed by atoms with Crippen LogP contribution in [-0.2, 0) is 0 Å². The summed E-state index contributed by atoms with van der Waals surface area (Å²) in [5, 5.41) is 7.52. The van der Waals surface area contributed by atoms with Gasteiger partial charge in [0.15, 0.2) is 5.16 Å². The quantitative estimate of drug-likeness (QED) is 0.611. The number of anilines is 2. The molecule has 5 heteroatoms. The largest absolute Gasteiger partial charge is 0.370 e. The van der Waals surface area contributed by atoms with Gasteiger partial charge in [-0.3, -0.25) is 0 Å². The third-order valence-electron chi connectivity index (χ3n) is 3.29. The summed E-state index contributed by atoms with van der Waals surface area (Å²) in [5.74, 6) is 2.67. The second-order valence-corrected chi connectivity index (χ2v) is 5.46. The maximum absolute atomic E-state index is 4.50. The summed E-state index contributed by atoms with van der Waals surface area (Å²) >= 11 is 1.58. The highest BCUT2D eigenvalue weighted by Crippen LogP contribution is 2.25. The van der Waals surface area contributed by atoms with E-state index >= 15 is 0 Å². The summed E-state index contributed by atoms with van der Waals surface area (Å²) in [5.41, 5.74) is 0. The van der Waals surface area contributed by atoms with Gasteiger partial charge in [-0.15, -0.1) is 0 Å². The molecule has 0 bridgehead atoms. The van der Waals surface area contributed by atoms with Crippen LogP contribution in [0.4, 0.5) is 11.6 Å². The zero-order valence-corrected chi connectivity index (χ0v) is 12.0. The average Bonchev–Trinajstić information content (AvgIpc) is 2.89. The van der Waals surface area contributed by atoms with Crippen LogP contribution in [0.1, 0.15) is 32.6 Å². The first-order chi connectivity index (χ1) is 8.81. The fourth-order valence-electron chi connectivity index (χ4n) is 2.34. The Kier molecular flexibility index (Phi) is 5.11. The van der Waals surface area contributed by atoms with Gasteiger partial charge in [0.2, 0.25) is 0 Å². The zero-order chi connectivity index (χ0) is 12.8. The van der Waals surface area contributed by atoms with Crippen LogP contribution in [0.15, 0.2) is 11.2 Å². The molecule has 1 heterocycles. The first kappa shape index (κ1) is 13.5. The number of thioether (sulfide) groups is 1. The molecule has 100 valence electrons. The molecule has 4 nitrogen and oxygen atoms in total. The molecular weight excluding hydrogens is 244 g/mol. The number of rotatable bonds is 6. The topological polar surface area (TPSA) is 49.8 Å². The van der Waals surface area contributed by atoms with Crippen LogP contribution in [0.5, 0.6) is 0 Å². The first-order valence-corrected chi connectivity index (χ1v) is 7.95. The lowest BCUT2D eigenvalue weighted by atomic mass is 10.1. The Hall–Kier alpha value is -0.970. The van der Waals surface area contributed by atoms with Crippen molar-refractivity contribution in [2.45, 2.75) is 37.8 Å². The molecule has 2 rings (SSSR count). The van der Waals surface area contributed by atoms with Gasteiger partial charge in [0.1, 0.15) is 11.6 Å². The third-order valence-corrected chi connectivity index (χ3v) is 3.84. The molecule has 2 N–H and O–H groups in total. The predicted octanol–water partition coefficient (Wildman–Crippen LogP) is 3.23. The van der Waals surface area contributed by atoms with E-state index in [4.69, 9.17) is 0 Å². The molecule has 0 spiro atoms. The molecule has 0 aromatic carbocycles. The minimum Gasteiger partial charge on any atom is -0.370 e. The van der Waals surface area contributed by atoms with E-state index in [0.29, 0.717) is 0 Å². The fourth-order valence-corrected chi connectivity index (χ4v) is 2.72. The molecule has 0 radical (unpaired) electrons. The van der Waals surface area contributed by atoms with E-state index in [9.17, 15) is 0 Å². The minimum atomic E-state index is 0.820. The molecule has 0 atom stereocenters. The van der Waals surface area contributed by atoms with Crippen LogP contribution in [0.2, 0.25) is 0 Å². The molecule has 18 heavy (non-hydrogen) atoms. The van der Waals surface area contributed by atoms with Crippen molar-refractivity contribution in [2.75, 3.05) is 30.0 Å². The molecule has 1 aliphatic rings. The van der Waals surface area contributed by atoms with E-state index in [-0.39, 0.29) is 0 Å². The average molecular weight is 266 g/mol. The Morgan fingerprint density at radius 3 is 2.50 bits per heavy atom. The first-order valence-electron chi connectivity index (χ1n) is 6.72. The van der Waals surface area contributed by atoms with Crippen LogP contribution in [0, 0.1) is 5.92 Å². The van der Waals surface area contributed by atoms with Crippen molar-refractivity contribution in [3.8, 4) is 0 Å². The van der Waals surface area contributed by atoms with Gasteiger partial charge in [-0.25, -0.2) is 9.97 Å². The number of hydrogen-bond donors (Lipinski definition) is 2. The minimum absolute atomic E-state index is 0.820. The number of nitrogens with zero attached hydrogens (tertiary/aromatic N) is 2. The van der Waals surface area contributed by atoms with Gasteiger partial charge in [-0.2, -0.15) is 0 Å². The molecule has 1 fully saturated rings. The highest BCUT2D eigenvalue weighted by molar-refractivity contribution is 7.98. The second-order valence-electron chi connectivity index (χ2n) is 4.69. The summed E-state index contributed by atoms with van der Waals surface area (Å²) in [6, 6.07) is 2.00. The van der Waals surface area contributed by atoms with Crippen molar-refractivity contribution in [3.05, 3.63) is 6.07 Å². The summed E-state index contributed by atoms with van der Waals surface area (Å²) in [6.07, 6.45) is 7.48. The monoisotopic (exact) mass is 266 g/mol. The zero-order valence-electron chi connectivity index (χ0n) is 11.2. The fraction of sp³-hybridized carbons (Fsp3) is 0.692. The van der Waals surface area contributed by atoms with Crippen LogP contribution in [0.3, 0.4) is 0 Å². The van der Waals surface area contributed by atoms with Crippen LogP contribution in [-0.4, -0.2) is 29.3 Å². The Balaban J connectivity index is 1.98. The second kappa shape index (κ2) is 6.83. The number of aromatic nitrogens is 2. The van der Waals surface area contributed by atoms with Crippen LogP contribution in [0.25, 0.3) is 0 Å². The molecule has 0 unspecified atom stereocenters. The van der Waals surface area contributed by atoms with Gasteiger partial charge in [0, 0.05) is 19.2 Å². The Labute approximate surface area is 113 Å². The van der Waals surface area contributed by atoms with E-state index in [1.54, 1.807) is 11.8 Å². The molecule has 0 amide bonds. The summed E-state index contributed by atoms with van der Waals surface area (Å²) < 4.78 is 0. The molecular formula is C13H22N4S. The molecule has 1 aromatic heterocycles. The van der Waals surface area contributed by atoms with E-state index in [1.165, 1.54) is 25.7 Å². The van der Waals surface area contributed by atoms with Gasteiger partial charge in [0.25, 0.3) is 0 Å². The molecule has 1 aromatic rings. The molecule has 1 saturated carbocycles. The van der Waals surface area contributed by atoms with E-state index in [1.807, 2.05) is 12.3 Å². The molecule has 1 aliphatic carbocycles. The van der Waals surface area contributed by atoms with Gasteiger partial charge in [-0.1, -0.05) is 24.6 Å². The molecule has 0 saturated heterocycles. The van der Waals surface area contributed by atoms with Gasteiger partial charge in [-0.05, 0) is 31.9 Å². The Morgan fingerprint density at radius 2 is 1.89 bits per heavy atom. The van der Waals surface area contributed by atoms with Crippen molar-refractivity contribution < 1.29 is 0 Å². The maximum atomic E-state index is 4.50. The van der Waals surface area contributed by atoms with Crippen LogP contribution < -0.4 is 10.6 Å². The van der Waals surface area contributed by atoms with E-state index in [2.05, 4.69) is 27.5 Å². The normalized spacial score (nSPS) is 15.9. The van der Waals surface area contributed by atoms with Gasteiger partial charge >= 0.3 is 0 Å². The SMILES string of the molecule is CCNc1cc(NCC2CCCC2)nc(SC)n1. The van der Waals surface area contributed by atoms with Crippen molar-refractivity contribution in [1.29, 1.82) is 0 Å². The highest BCUT2D eigenvalue weighted by Gasteiger charge is 2.14. The number of nitrogens with one attached hydrogen (secondary N) is 2. The van der Waals surface area contributed by atoms with Crippen molar-refractivity contribution in [3.63, 3.8) is 0 Å². The van der Waals surface area contributed by atoms with Gasteiger partial charge < -0.3 is 10.6 Å². The highest BCUT2D eigenvalue weighted by atomic mass is 32.2. The van der Waals surface area contributed by atoms with Crippen molar-refractivity contribution >= 4 is 23.4 Å². The standard InChI is InChI=1S/C13H22N4S/c1-3-14-11-8-12(17-13(16-11)18-2)15-9-10-6-4-5-7-10/h8,10H,3-7,9H2,1-2H3,(H2,14,15,16,17). The lowest BCUT2D eigenvalue weighted by molar-refractivity contribution is 0.578. The summed E-state index contributed by atoms with van der Waals surface area (Å²) in [6.45, 7) is 4.00. The maximum Gasteiger partial charge on any atom is 0.191 e. The summed E-state index contributed by atoms with van der Waals surface area (Å²) in [4.78, 5) is 8.92. The van der Waals surface area contributed by atoms with Crippen molar-refractivity contribution in [1.82, 2.24) is 9.97 Å². The third kappa shape index (κ3) is 3.77. The van der Waals surface area contributed by atoms with Gasteiger partial charge in [0.05, 0.1) is 0 Å². The lowest BCUT2D eigenvalue weighted by Gasteiger charge is -2.13. The molecule has 0 aliphatic heterocycles. The predicted molar refractivity (Wildman–Crippen MR) is 78.4 cm³/mol. The number of hydrogen-bond acceptors (Lipinski definition) is 5.